The highest BCUT2D eigenvalue weighted by atomic mass is 16.5. The number of rotatable bonds is 4. The van der Waals surface area contributed by atoms with Gasteiger partial charge in [-0.2, -0.15) is 9.97 Å². The molecule has 0 unspecified atom stereocenters. The van der Waals surface area contributed by atoms with Gasteiger partial charge in [0.05, 0.1) is 18.1 Å². The zero-order valence-corrected chi connectivity index (χ0v) is 28.9. The molecule has 54 heavy (non-hydrogen) atoms. The molecule has 0 fully saturated rings. The molecule has 0 saturated carbocycles. The molecule has 7 nitrogen and oxygen atoms in total. The van der Waals surface area contributed by atoms with E-state index in [0.29, 0.717) is 45.0 Å². The number of ether oxygens (including phenoxy) is 1. The molecule has 3 heterocycles. The summed E-state index contributed by atoms with van der Waals surface area (Å²) in [6.07, 6.45) is 0. The molecular weight excluding hydrogens is 669 g/mol. The lowest BCUT2D eigenvalue weighted by molar-refractivity contribution is 0.415. The number of benzene rings is 8. The summed E-state index contributed by atoms with van der Waals surface area (Å²) in [7, 11) is 1.69. The summed E-state index contributed by atoms with van der Waals surface area (Å²) in [6.45, 7) is 0. The van der Waals surface area contributed by atoms with Gasteiger partial charge in [0.15, 0.2) is 17.1 Å². The molecule has 0 bridgehead atoms. The first-order valence-corrected chi connectivity index (χ1v) is 17.8. The van der Waals surface area contributed by atoms with E-state index in [1.54, 1.807) is 7.11 Å². The van der Waals surface area contributed by atoms with Gasteiger partial charge >= 0.3 is 0 Å². The van der Waals surface area contributed by atoms with Crippen LogP contribution in [0.1, 0.15) is 0 Å². The van der Waals surface area contributed by atoms with E-state index in [2.05, 4.69) is 48.5 Å². The summed E-state index contributed by atoms with van der Waals surface area (Å²) >= 11 is 0. The van der Waals surface area contributed by atoms with Crippen LogP contribution in [0.2, 0.25) is 0 Å². The van der Waals surface area contributed by atoms with E-state index in [4.69, 9.17) is 24.1 Å². The van der Waals surface area contributed by atoms with Crippen LogP contribution in [-0.2, 0) is 0 Å². The summed E-state index contributed by atoms with van der Waals surface area (Å²) in [4.78, 5) is 29.5. The van der Waals surface area contributed by atoms with Crippen LogP contribution in [0, 0.1) is 0 Å². The molecule has 0 aliphatic rings. The topological polar surface area (TPSA) is 83.0 Å². The molecule has 11 aromatic rings. The maximum Gasteiger partial charge on any atom is 0.238 e. The molecule has 0 saturated heterocycles. The lowest BCUT2D eigenvalue weighted by Gasteiger charge is -2.15. The highest BCUT2D eigenvalue weighted by Gasteiger charge is 2.21. The molecule has 7 heteroatoms. The van der Waals surface area contributed by atoms with Crippen LogP contribution < -0.4 is 10.2 Å². The van der Waals surface area contributed by atoms with Crippen LogP contribution in [0.25, 0.3) is 105 Å². The number of hydrogen-bond donors (Lipinski definition) is 0. The fourth-order valence-electron chi connectivity index (χ4n) is 7.98. The van der Waals surface area contributed by atoms with E-state index < -0.39 is 0 Å². The highest BCUT2D eigenvalue weighted by molar-refractivity contribution is 6.28. The second-order valence-corrected chi connectivity index (χ2v) is 13.5. The van der Waals surface area contributed by atoms with Crippen molar-refractivity contribution in [2.45, 2.75) is 0 Å². The number of methoxy groups -OCH3 is 1. The lowest BCUT2D eigenvalue weighted by atomic mass is 9.93. The summed E-state index contributed by atoms with van der Waals surface area (Å²) in [5.41, 5.74) is 4.38. The Morgan fingerprint density at radius 3 is 1.67 bits per heavy atom. The number of pyridine rings is 1. The van der Waals surface area contributed by atoms with Crippen molar-refractivity contribution in [2.24, 2.45) is 0 Å². The smallest absolute Gasteiger partial charge is 0.238 e. The van der Waals surface area contributed by atoms with E-state index in [0.717, 1.165) is 65.5 Å². The number of hydrogen-bond acceptors (Lipinski definition) is 6. The van der Waals surface area contributed by atoms with E-state index in [-0.39, 0.29) is 5.43 Å². The van der Waals surface area contributed by atoms with Crippen LogP contribution in [-0.4, -0.2) is 26.6 Å². The van der Waals surface area contributed by atoms with E-state index in [1.807, 2.05) is 108 Å². The van der Waals surface area contributed by atoms with Crippen molar-refractivity contribution in [2.75, 3.05) is 7.11 Å². The Kier molecular flexibility index (Phi) is 6.48. The van der Waals surface area contributed by atoms with Gasteiger partial charge in [-0.05, 0) is 74.8 Å². The van der Waals surface area contributed by atoms with Crippen LogP contribution in [0.15, 0.2) is 161 Å². The predicted octanol–water partition coefficient (Wildman–Crippen LogP) is 11.0. The molecule has 0 amide bonds. The van der Waals surface area contributed by atoms with Gasteiger partial charge in [-0.15, -0.1) is 0 Å². The Morgan fingerprint density at radius 1 is 0.463 bits per heavy atom. The molecule has 0 aliphatic carbocycles. The van der Waals surface area contributed by atoms with Gasteiger partial charge in [0, 0.05) is 38.7 Å². The molecule has 0 atom stereocenters. The third-order valence-electron chi connectivity index (χ3n) is 10.5. The standard InChI is InChI=1S/C47H28N4O3/c1-53-29-20-21-32-34(22-29)30-16-8-9-17-31(30)35-23-37-38-24-39-41(26-43(38)54-42(37)25-36(32)35)51(40-19-11-10-18-33(40)44(39)52)47-49-45(27-12-4-2-5-13-27)48-46(50-47)28-14-6-3-7-15-28/h2-26H,1H3. The van der Waals surface area contributed by atoms with Crippen molar-refractivity contribution in [1.82, 2.24) is 19.5 Å². The first kappa shape index (κ1) is 30.3. The van der Waals surface area contributed by atoms with Crippen LogP contribution in [0.4, 0.5) is 0 Å². The molecule has 0 spiro atoms. The van der Waals surface area contributed by atoms with Crippen molar-refractivity contribution in [3.05, 3.63) is 162 Å². The van der Waals surface area contributed by atoms with Gasteiger partial charge in [-0.1, -0.05) is 103 Å². The highest BCUT2D eigenvalue weighted by Crippen LogP contribution is 2.41. The fraction of sp³-hybridized carbons (Fsp3) is 0.0213. The minimum absolute atomic E-state index is 0.0695. The molecule has 0 N–H and O–H groups in total. The molecule has 8 aromatic carbocycles. The van der Waals surface area contributed by atoms with E-state index in [1.165, 1.54) is 0 Å². The third kappa shape index (κ3) is 4.48. The lowest BCUT2D eigenvalue weighted by Crippen LogP contribution is -2.13. The van der Waals surface area contributed by atoms with Gasteiger partial charge in [0.25, 0.3) is 0 Å². The third-order valence-corrected chi connectivity index (χ3v) is 10.5. The van der Waals surface area contributed by atoms with Gasteiger partial charge in [-0.25, -0.2) is 4.98 Å². The molecule has 11 rings (SSSR count). The second kappa shape index (κ2) is 11.6. The van der Waals surface area contributed by atoms with Gasteiger partial charge in [-0.3, -0.25) is 9.36 Å². The van der Waals surface area contributed by atoms with Gasteiger partial charge in [0.2, 0.25) is 5.95 Å². The number of furan rings is 1. The van der Waals surface area contributed by atoms with E-state index in [9.17, 15) is 4.79 Å². The van der Waals surface area contributed by atoms with Crippen molar-refractivity contribution >= 4 is 76.1 Å². The number of nitrogens with zero attached hydrogens (tertiary/aromatic N) is 4. The number of fused-ring (bicyclic) bond motifs is 11. The molecule has 3 aromatic heterocycles. The molecule has 254 valence electrons. The fourth-order valence-corrected chi connectivity index (χ4v) is 7.98. The maximum atomic E-state index is 14.4. The minimum atomic E-state index is -0.0695. The Balaban J connectivity index is 1.24. The normalized spacial score (nSPS) is 11.9. The van der Waals surface area contributed by atoms with Crippen molar-refractivity contribution in [3.63, 3.8) is 0 Å². The number of para-hydroxylation sites is 1. The number of aromatic nitrogens is 4. The van der Waals surface area contributed by atoms with Crippen LogP contribution in [0.3, 0.4) is 0 Å². The molecule has 0 radical (unpaired) electrons. The zero-order chi connectivity index (χ0) is 35.9. The Labute approximate surface area is 307 Å². The Hall–Kier alpha value is -7.38. The van der Waals surface area contributed by atoms with Gasteiger partial charge in [0.1, 0.15) is 16.9 Å². The first-order valence-electron chi connectivity index (χ1n) is 17.8. The SMILES string of the molecule is COc1ccc2c(c1)c1ccccc1c1cc3c(cc21)oc1cc2c(cc13)c(=O)c1ccccc1n2-c1nc(-c2ccccc2)nc(-c2ccccc2)n1. The summed E-state index contributed by atoms with van der Waals surface area (Å²) in [6, 6.07) is 50.3. The zero-order valence-electron chi connectivity index (χ0n) is 28.9. The largest absolute Gasteiger partial charge is 0.497 e. The first-order chi connectivity index (χ1) is 26.6. The van der Waals surface area contributed by atoms with Crippen molar-refractivity contribution < 1.29 is 9.15 Å². The summed E-state index contributed by atoms with van der Waals surface area (Å²) in [5.74, 6) is 2.27. The van der Waals surface area contributed by atoms with Gasteiger partial charge < -0.3 is 9.15 Å². The molecular formula is C47H28N4O3. The molecule has 0 aliphatic heterocycles. The Morgan fingerprint density at radius 2 is 1.00 bits per heavy atom. The monoisotopic (exact) mass is 696 g/mol. The predicted molar refractivity (Wildman–Crippen MR) is 218 cm³/mol. The summed E-state index contributed by atoms with van der Waals surface area (Å²) in [5, 5.41) is 9.62. The van der Waals surface area contributed by atoms with Crippen LogP contribution in [0.5, 0.6) is 5.75 Å². The second-order valence-electron chi connectivity index (χ2n) is 13.5. The maximum absolute atomic E-state index is 14.4. The average molecular weight is 697 g/mol. The Bertz CT molecular complexity index is 3330. The van der Waals surface area contributed by atoms with Crippen LogP contribution >= 0.6 is 0 Å². The van der Waals surface area contributed by atoms with E-state index >= 15 is 0 Å². The minimum Gasteiger partial charge on any atom is -0.497 e. The summed E-state index contributed by atoms with van der Waals surface area (Å²) < 4.78 is 14.3. The van der Waals surface area contributed by atoms with Crippen molar-refractivity contribution in [1.29, 1.82) is 0 Å². The quantitative estimate of drug-likeness (QED) is 0.135. The average Bonchev–Trinajstić information content (AvgIpc) is 3.59. The van der Waals surface area contributed by atoms with Crippen molar-refractivity contribution in [3.8, 4) is 34.5 Å².